The number of rotatable bonds is 4. The van der Waals surface area contributed by atoms with Crippen molar-refractivity contribution in [2.75, 3.05) is 31.1 Å². The molecule has 0 unspecified atom stereocenters. The van der Waals surface area contributed by atoms with Gasteiger partial charge in [-0.1, -0.05) is 30.3 Å². The van der Waals surface area contributed by atoms with Gasteiger partial charge in [-0.15, -0.1) is 0 Å². The van der Waals surface area contributed by atoms with E-state index in [1.807, 2.05) is 6.07 Å². The Bertz CT molecular complexity index is 972. The number of H-pyrrole nitrogens is 1. The number of hydrogen-bond acceptors (Lipinski definition) is 5. The molecule has 1 fully saturated rings. The predicted molar refractivity (Wildman–Crippen MR) is 115 cm³/mol. The van der Waals surface area contributed by atoms with Crippen LogP contribution in [0.3, 0.4) is 0 Å². The van der Waals surface area contributed by atoms with Gasteiger partial charge in [0.15, 0.2) is 0 Å². The number of anilines is 1. The van der Waals surface area contributed by atoms with Gasteiger partial charge in [0.2, 0.25) is 5.95 Å². The summed E-state index contributed by atoms with van der Waals surface area (Å²) in [5.74, 6) is 1.87. The molecule has 3 heterocycles. The molecule has 2 aliphatic rings. The normalized spacial score (nSPS) is 17.3. The van der Waals surface area contributed by atoms with Crippen LogP contribution in [0.15, 0.2) is 36.5 Å². The highest BCUT2D eigenvalue weighted by Gasteiger charge is 2.22. The minimum atomic E-state index is 0.883. The maximum absolute atomic E-state index is 4.88. The zero-order valence-electron chi connectivity index (χ0n) is 17.1. The molecule has 150 valence electrons. The van der Waals surface area contributed by atoms with E-state index in [2.05, 4.69) is 57.2 Å². The Morgan fingerprint density at radius 2 is 1.76 bits per heavy atom. The molecule has 0 radical (unpaired) electrons. The maximum atomic E-state index is 4.88. The minimum Gasteiger partial charge on any atom is -0.342 e. The van der Waals surface area contributed by atoms with Gasteiger partial charge < -0.3 is 9.88 Å². The van der Waals surface area contributed by atoms with Crippen LogP contribution in [0.2, 0.25) is 0 Å². The zero-order chi connectivity index (χ0) is 19.6. The molecule has 0 amide bonds. The molecule has 1 saturated heterocycles. The van der Waals surface area contributed by atoms with Crippen molar-refractivity contribution in [3.8, 4) is 11.4 Å². The van der Waals surface area contributed by atoms with Gasteiger partial charge in [0, 0.05) is 55.9 Å². The number of hydrogen-bond donors (Lipinski definition) is 1. The average molecular weight is 389 g/mol. The van der Waals surface area contributed by atoms with Crippen molar-refractivity contribution in [2.45, 2.75) is 39.2 Å². The third-order valence-electron chi connectivity index (χ3n) is 6.11. The number of imidazole rings is 1. The second-order valence-corrected chi connectivity index (χ2v) is 8.14. The van der Waals surface area contributed by atoms with Crippen LogP contribution in [0, 0.1) is 6.92 Å². The highest BCUT2D eigenvalue weighted by atomic mass is 15.3. The number of benzene rings is 1. The first-order chi connectivity index (χ1) is 14.3. The third kappa shape index (κ3) is 3.90. The molecule has 6 heteroatoms. The zero-order valence-corrected chi connectivity index (χ0v) is 17.1. The molecular formula is C23H28N6. The third-order valence-corrected chi connectivity index (χ3v) is 6.11. The number of aromatic amines is 1. The molecule has 0 bridgehead atoms. The molecule has 1 aromatic carbocycles. The summed E-state index contributed by atoms with van der Waals surface area (Å²) in [6, 6.07) is 10.3. The van der Waals surface area contributed by atoms with E-state index in [9.17, 15) is 0 Å². The molecule has 1 aliphatic carbocycles. The Kier molecular flexibility index (Phi) is 5.02. The standard InChI is InChI=1S/C23H28N6/c1-17-21(26-22(25-17)18-7-3-2-4-8-18)16-28-11-13-29(14-12-28)23-24-15-19-9-5-6-10-20(19)27-23/h2-4,7-8,15H,5-6,9-14,16H2,1H3,(H,25,26). The monoisotopic (exact) mass is 388 g/mol. The highest BCUT2D eigenvalue weighted by Crippen LogP contribution is 2.22. The lowest BCUT2D eigenvalue weighted by Gasteiger charge is -2.34. The van der Waals surface area contributed by atoms with E-state index in [0.717, 1.165) is 74.3 Å². The first-order valence-corrected chi connectivity index (χ1v) is 10.7. The summed E-state index contributed by atoms with van der Waals surface area (Å²) in [7, 11) is 0. The van der Waals surface area contributed by atoms with Crippen molar-refractivity contribution in [1.29, 1.82) is 0 Å². The molecule has 0 atom stereocenters. The lowest BCUT2D eigenvalue weighted by Crippen LogP contribution is -2.46. The predicted octanol–water partition coefficient (Wildman–Crippen LogP) is 3.38. The van der Waals surface area contributed by atoms with Gasteiger partial charge >= 0.3 is 0 Å². The fourth-order valence-electron chi connectivity index (χ4n) is 4.32. The van der Waals surface area contributed by atoms with E-state index < -0.39 is 0 Å². The van der Waals surface area contributed by atoms with Crippen LogP contribution >= 0.6 is 0 Å². The van der Waals surface area contributed by atoms with Gasteiger partial charge in [-0.2, -0.15) is 0 Å². The number of aromatic nitrogens is 4. The van der Waals surface area contributed by atoms with Crippen molar-refractivity contribution in [1.82, 2.24) is 24.8 Å². The average Bonchev–Trinajstić information content (AvgIpc) is 3.15. The molecule has 0 saturated carbocycles. The lowest BCUT2D eigenvalue weighted by atomic mass is 9.98. The molecule has 2 aromatic heterocycles. The molecular weight excluding hydrogens is 360 g/mol. The van der Waals surface area contributed by atoms with Gasteiger partial charge in [-0.3, -0.25) is 4.90 Å². The SMILES string of the molecule is Cc1[nH]c(-c2ccccc2)nc1CN1CCN(c2ncc3c(n2)CCCC3)CC1. The lowest BCUT2D eigenvalue weighted by molar-refractivity contribution is 0.246. The molecule has 5 rings (SSSR count). The van der Waals surface area contributed by atoms with Crippen molar-refractivity contribution < 1.29 is 0 Å². The number of nitrogens with one attached hydrogen (secondary N) is 1. The Balaban J connectivity index is 1.22. The summed E-state index contributed by atoms with van der Waals surface area (Å²) in [5, 5.41) is 0. The van der Waals surface area contributed by atoms with E-state index in [1.165, 1.54) is 24.1 Å². The van der Waals surface area contributed by atoms with Crippen molar-refractivity contribution in [3.05, 3.63) is 59.2 Å². The van der Waals surface area contributed by atoms with E-state index in [-0.39, 0.29) is 0 Å². The van der Waals surface area contributed by atoms with Gasteiger partial charge in [-0.05, 0) is 38.2 Å². The van der Waals surface area contributed by atoms with Crippen molar-refractivity contribution in [3.63, 3.8) is 0 Å². The smallest absolute Gasteiger partial charge is 0.225 e. The Labute approximate surface area is 172 Å². The molecule has 1 aliphatic heterocycles. The number of aryl methyl sites for hydroxylation is 3. The van der Waals surface area contributed by atoms with Crippen LogP contribution < -0.4 is 4.90 Å². The molecule has 1 N–H and O–H groups in total. The van der Waals surface area contributed by atoms with Crippen LogP contribution in [0.4, 0.5) is 5.95 Å². The Hall–Kier alpha value is -2.73. The van der Waals surface area contributed by atoms with Crippen molar-refractivity contribution in [2.24, 2.45) is 0 Å². The van der Waals surface area contributed by atoms with Crippen LogP contribution in [0.1, 0.15) is 35.5 Å². The minimum absolute atomic E-state index is 0.883. The molecule has 6 nitrogen and oxygen atoms in total. The van der Waals surface area contributed by atoms with Gasteiger partial charge in [0.05, 0.1) is 5.69 Å². The summed E-state index contributed by atoms with van der Waals surface area (Å²) in [4.78, 5) is 22.7. The van der Waals surface area contributed by atoms with Crippen LogP contribution in [-0.4, -0.2) is 51.0 Å². The number of nitrogens with zero attached hydrogens (tertiary/aromatic N) is 5. The molecule has 0 spiro atoms. The summed E-state index contributed by atoms with van der Waals surface area (Å²) in [6.07, 6.45) is 6.82. The fourth-order valence-corrected chi connectivity index (χ4v) is 4.32. The summed E-state index contributed by atoms with van der Waals surface area (Å²) in [5.41, 5.74) is 6.05. The van der Waals surface area contributed by atoms with E-state index in [1.54, 1.807) is 0 Å². The largest absolute Gasteiger partial charge is 0.342 e. The number of fused-ring (bicyclic) bond motifs is 1. The van der Waals surface area contributed by atoms with Crippen LogP contribution in [0.25, 0.3) is 11.4 Å². The first kappa shape index (κ1) is 18.3. The summed E-state index contributed by atoms with van der Waals surface area (Å²) >= 11 is 0. The van der Waals surface area contributed by atoms with E-state index in [0.29, 0.717) is 0 Å². The topological polar surface area (TPSA) is 60.9 Å². The summed E-state index contributed by atoms with van der Waals surface area (Å²) < 4.78 is 0. The summed E-state index contributed by atoms with van der Waals surface area (Å²) in [6.45, 7) is 6.95. The van der Waals surface area contributed by atoms with Crippen molar-refractivity contribution >= 4 is 5.95 Å². The van der Waals surface area contributed by atoms with Gasteiger partial charge in [0.1, 0.15) is 5.82 Å². The Morgan fingerprint density at radius 1 is 0.966 bits per heavy atom. The fraction of sp³-hybridized carbons (Fsp3) is 0.435. The second kappa shape index (κ2) is 7.95. The van der Waals surface area contributed by atoms with Gasteiger partial charge in [0.25, 0.3) is 0 Å². The maximum Gasteiger partial charge on any atom is 0.225 e. The molecule has 3 aromatic rings. The quantitative estimate of drug-likeness (QED) is 0.742. The second-order valence-electron chi connectivity index (χ2n) is 8.14. The number of piperazine rings is 1. The highest BCUT2D eigenvalue weighted by molar-refractivity contribution is 5.55. The first-order valence-electron chi connectivity index (χ1n) is 10.7. The van der Waals surface area contributed by atoms with E-state index in [4.69, 9.17) is 9.97 Å². The Morgan fingerprint density at radius 3 is 2.59 bits per heavy atom. The van der Waals surface area contributed by atoms with E-state index >= 15 is 0 Å². The van der Waals surface area contributed by atoms with Gasteiger partial charge in [-0.25, -0.2) is 15.0 Å². The molecule has 29 heavy (non-hydrogen) atoms. The van der Waals surface area contributed by atoms with Crippen LogP contribution in [0.5, 0.6) is 0 Å². The van der Waals surface area contributed by atoms with Crippen LogP contribution in [-0.2, 0) is 19.4 Å².